The van der Waals surface area contributed by atoms with Gasteiger partial charge in [-0.25, -0.2) is 13.8 Å². The van der Waals surface area contributed by atoms with Crippen LogP contribution >= 0.6 is 0 Å². The predicted octanol–water partition coefficient (Wildman–Crippen LogP) is 1.67. The number of methoxy groups -OCH3 is 2. The average Bonchev–Trinajstić information content (AvgIpc) is 2.65. The predicted molar refractivity (Wildman–Crippen MR) is 90.7 cm³/mol. The first kappa shape index (κ1) is 18.6. The molecule has 0 unspecified atom stereocenters. The van der Waals surface area contributed by atoms with E-state index in [9.17, 15) is 18.4 Å². The minimum Gasteiger partial charge on any atom is -0.491 e. The normalized spacial score (nSPS) is 13.3. The number of halogens is 2. The first-order valence-electron chi connectivity index (χ1n) is 8.05. The molecule has 9 heteroatoms. The highest BCUT2D eigenvalue weighted by molar-refractivity contribution is 6.04. The van der Waals surface area contributed by atoms with Crippen LogP contribution in [0, 0.1) is 11.6 Å². The molecule has 1 aromatic heterocycles. The zero-order chi connectivity index (χ0) is 19.7. The van der Waals surface area contributed by atoms with Gasteiger partial charge in [-0.05, 0) is 24.1 Å². The van der Waals surface area contributed by atoms with E-state index in [-0.39, 0.29) is 36.0 Å². The molecule has 0 radical (unpaired) electrons. The number of fused-ring (bicyclic) bond motifs is 1. The van der Waals surface area contributed by atoms with Crippen molar-refractivity contribution < 1.29 is 27.8 Å². The molecule has 0 aliphatic carbocycles. The minimum atomic E-state index is -0.989. The molecular formula is C18H17F2N3O4. The summed E-state index contributed by atoms with van der Waals surface area (Å²) in [5.41, 5.74) is 6.28. The molecule has 0 fully saturated rings. The number of rotatable bonds is 5. The lowest BCUT2D eigenvalue weighted by atomic mass is 9.95. The van der Waals surface area contributed by atoms with E-state index in [1.54, 1.807) is 0 Å². The van der Waals surface area contributed by atoms with Gasteiger partial charge >= 0.3 is 0 Å². The van der Waals surface area contributed by atoms with Crippen molar-refractivity contribution in [1.29, 1.82) is 0 Å². The van der Waals surface area contributed by atoms with Gasteiger partial charge in [-0.3, -0.25) is 9.59 Å². The van der Waals surface area contributed by atoms with Gasteiger partial charge in [0.15, 0.2) is 17.4 Å². The Balaban J connectivity index is 2.03. The van der Waals surface area contributed by atoms with E-state index in [0.717, 1.165) is 12.1 Å². The topological polar surface area (TPSA) is 94.8 Å². The Morgan fingerprint density at radius 2 is 2.00 bits per heavy atom. The third kappa shape index (κ3) is 3.27. The first-order valence-corrected chi connectivity index (χ1v) is 8.05. The van der Waals surface area contributed by atoms with E-state index in [2.05, 4.69) is 4.98 Å². The molecule has 3 rings (SSSR count). The summed E-state index contributed by atoms with van der Waals surface area (Å²) in [5, 5.41) is 0. The smallest absolute Gasteiger partial charge is 0.267 e. The van der Waals surface area contributed by atoms with Crippen LogP contribution in [0.2, 0.25) is 0 Å². The van der Waals surface area contributed by atoms with Crippen molar-refractivity contribution in [3.05, 3.63) is 52.2 Å². The summed E-state index contributed by atoms with van der Waals surface area (Å²) in [7, 11) is 2.68. The van der Waals surface area contributed by atoms with Gasteiger partial charge < -0.3 is 20.1 Å². The highest BCUT2D eigenvalue weighted by Crippen LogP contribution is 2.37. The van der Waals surface area contributed by atoms with E-state index in [1.165, 1.54) is 25.2 Å². The number of amides is 2. The summed E-state index contributed by atoms with van der Waals surface area (Å²) in [6.07, 6.45) is 0.302. The monoisotopic (exact) mass is 377 g/mol. The van der Waals surface area contributed by atoms with Gasteiger partial charge in [0.1, 0.15) is 5.69 Å². The molecule has 27 heavy (non-hydrogen) atoms. The van der Waals surface area contributed by atoms with E-state index in [0.29, 0.717) is 17.5 Å². The number of nitrogens with zero attached hydrogens (tertiary/aromatic N) is 2. The molecule has 2 heterocycles. The van der Waals surface area contributed by atoms with E-state index >= 15 is 0 Å². The second-order valence-corrected chi connectivity index (χ2v) is 5.95. The number of ether oxygens (including phenoxy) is 2. The highest BCUT2D eigenvalue weighted by Gasteiger charge is 2.34. The molecule has 1 aliphatic rings. The van der Waals surface area contributed by atoms with Crippen molar-refractivity contribution in [3.8, 4) is 11.6 Å². The fourth-order valence-electron chi connectivity index (χ4n) is 3.10. The van der Waals surface area contributed by atoms with Gasteiger partial charge in [-0.2, -0.15) is 0 Å². The Hall–Kier alpha value is -3.23. The summed E-state index contributed by atoms with van der Waals surface area (Å²) in [6, 6.07) is 3.45. The lowest BCUT2D eigenvalue weighted by Gasteiger charge is -2.30. The number of carbonyl (C=O) groups is 2. The molecule has 7 nitrogen and oxygen atoms in total. The van der Waals surface area contributed by atoms with E-state index in [1.807, 2.05) is 0 Å². The van der Waals surface area contributed by atoms with Gasteiger partial charge in [0.2, 0.25) is 0 Å². The number of hydrogen-bond acceptors (Lipinski definition) is 5. The SMILES string of the molecule is COc1nc(C(N)=O)c2c(c1OC)C(=O)N(Cc1ccc(F)c(F)c1)CC2. The molecule has 0 atom stereocenters. The Morgan fingerprint density at radius 1 is 1.26 bits per heavy atom. The largest absolute Gasteiger partial charge is 0.491 e. The lowest BCUT2D eigenvalue weighted by Crippen LogP contribution is -2.39. The van der Waals surface area contributed by atoms with Gasteiger partial charge in [0.05, 0.1) is 19.8 Å². The minimum absolute atomic E-state index is 0.0342. The van der Waals surface area contributed by atoms with Gasteiger partial charge in [-0.1, -0.05) is 6.07 Å². The molecular weight excluding hydrogens is 360 g/mol. The fraction of sp³-hybridized carbons (Fsp3) is 0.278. The Labute approximate surface area is 153 Å². The maximum Gasteiger partial charge on any atom is 0.267 e. The fourth-order valence-corrected chi connectivity index (χ4v) is 3.10. The number of carbonyl (C=O) groups excluding carboxylic acids is 2. The van der Waals surface area contributed by atoms with Gasteiger partial charge in [0.25, 0.3) is 17.7 Å². The van der Waals surface area contributed by atoms with Crippen LogP contribution in [0.15, 0.2) is 18.2 Å². The molecule has 0 spiro atoms. The van der Waals surface area contributed by atoms with Gasteiger partial charge in [-0.15, -0.1) is 0 Å². The molecule has 0 saturated heterocycles. The van der Waals surface area contributed by atoms with Crippen LogP contribution in [0.5, 0.6) is 11.6 Å². The number of pyridine rings is 1. The van der Waals surface area contributed by atoms with Crippen LogP contribution in [0.4, 0.5) is 8.78 Å². The Morgan fingerprint density at radius 3 is 2.59 bits per heavy atom. The van der Waals surface area contributed by atoms with Crippen LogP contribution in [0.3, 0.4) is 0 Å². The number of benzene rings is 1. The van der Waals surface area contributed by atoms with Crippen molar-refractivity contribution in [3.63, 3.8) is 0 Å². The Bertz CT molecular complexity index is 933. The number of primary amides is 1. The summed E-state index contributed by atoms with van der Waals surface area (Å²) < 4.78 is 37.0. The molecule has 2 N–H and O–H groups in total. The van der Waals surface area contributed by atoms with Crippen LogP contribution in [-0.4, -0.2) is 42.5 Å². The summed E-state index contributed by atoms with van der Waals surface area (Å²) in [5.74, 6) is -3.12. The maximum absolute atomic E-state index is 13.5. The molecule has 2 amide bonds. The van der Waals surface area contributed by atoms with Crippen molar-refractivity contribution in [2.75, 3.05) is 20.8 Å². The zero-order valence-corrected chi connectivity index (χ0v) is 14.7. The quantitative estimate of drug-likeness (QED) is 0.855. The Kier molecular flexibility index (Phi) is 4.93. The van der Waals surface area contributed by atoms with Gasteiger partial charge in [0, 0.05) is 18.7 Å². The van der Waals surface area contributed by atoms with Crippen molar-refractivity contribution in [2.24, 2.45) is 5.73 Å². The summed E-state index contributed by atoms with van der Waals surface area (Å²) in [4.78, 5) is 30.3. The number of aromatic nitrogens is 1. The number of nitrogens with two attached hydrogens (primary N) is 1. The molecule has 142 valence electrons. The van der Waals surface area contributed by atoms with Crippen LogP contribution in [0.1, 0.15) is 32.0 Å². The molecule has 0 bridgehead atoms. The molecule has 1 aliphatic heterocycles. The van der Waals surface area contributed by atoms with Crippen molar-refractivity contribution in [2.45, 2.75) is 13.0 Å². The maximum atomic E-state index is 13.5. The van der Waals surface area contributed by atoms with E-state index < -0.39 is 23.4 Å². The van der Waals surface area contributed by atoms with Crippen molar-refractivity contribution in [1.82, 2.24) is 9.88 Å². The third-order valence-electron chi connectivity index (χ3n) is 4.34. The zero-order valence-electron chi connectivity index (χ0n) is 14.7. The van der Waals surface area contributed by atoms with E-state index in [4.69, 9.17) is 15.2 Å². The number of hydrogen-bond donors (Lipinski definition) is 1. The second-order valence-electron chi connectivity index (χ2n) is 5.95. The molecule has 0 saturated carbocycles. The molecule has 1 aromatic carbocycles. The highest BCUT2D eigenvalue weighted by atomic mass is 19.2. The van der Waals surface area contributed by atoms with Crippen molar-refractivity contribution >= 4 is 11.8 Å². The average molecular weight is 377 g/mol. The second kappa shape index (κ2) is 7.18. The summed E-state index contributed by atoms with van der Waals surface area (Å²) >= 11 is 0. The standard InChI is InChI=1S/C18H17F2N3O4/c1-26-15-13-10(14(16(21)24)22-17(15)27-2)5-6-23(18(13)25)8-9-3-4-11(19)12(20)7-9/h3-4,7H,5-6,8H2,1-2H3,(H2,21,24). The van der Waals surface area contributed by atoms with Crippen LogP contribution in [0.25, 0.3) is 0 Å². The molecule has 2 aromatic rings. The third-order valence-corrected chi connectivity index (χ3v) is 4.34. The first-order chi connectivity index (χ1) is 12.9. The van der Waals surface area contributed by atoms with Crippen LogP contribution < -0.4 is 15.2 Å². The summed E-state index contributed by atoms with van der Waals surface area (Å²) in [6.45, 7) is 0.317. The van der Waals surface area contributed by atoms with Crippen LogP contribution in [-0.2, 0) is 13.0 Å². The lowest BCUT2D eigenvalue weighted by molar-refractivity contribution is 0.0720.